The molecular formula is C11H15N5O. The van der Waals surface area contributed by atoms with E-state index in [1.165, 1.54) is 12.1 Å². The number of aryl methyl sites for hydroxylation is 1. The van der Waals surface area contributed by atoms with Gasteiger partial charge in [-0.3, -0.25) is 0 Å². The number of rotatable bonds is 3. The van der Waals surface area contributed by atoms with Crippen LogP contribution in [0.25, 0.3) is 0 Å². The Morgan fingerprint density at radius 2 is 2.53 bits per heavy atom. The Hall–Kier alpha value is -1.69. The highest BCUT2D eigenvalue weighted by Gasteiger charge is 2.20. The second-order valence-electron chi connectivity index (χ2n) is 4.33. The molecular weight excluding hydrogens is 218 g/mol. The summed E-state index contributed by atoms with van der Waals surface area (Å²) in [6.07, 6.45) is 6.10. The summed E-state index contributed by atoms with van der Waals surface area (Å²) in [5.74, 6) is 1.29. The van der Waals surface area contributed by atoms with Crippen LogP contribution in [0.4, 0.5) is 0 Å². The average molecular weight is 233 g/mol. The van der Waals surface area contributed by atoms with Gasteiger partial charge in [-0.25, -0.2) is 4.98 Å². The van der Waals surface area contributed by atoms with E-state index in [9.17, 15) is 0 Å². The van der Waals surface area contributed by atoms with Crippen LogP contribution in [0.3, 0.4) is 0 Å². The molecule has 0 amide bonds. The molecule has 3 rings (SSSR count). The van der Waals surface area contributed by atoms with Crippen molar-refractivity contribution in [2.75, 3.05) is 6.54 Å². The van der Waals surface area contributed by atoms with Crippen molar-refractivity contribution in [1.29, 1.82) is 0 Å². The Balaban J connectivity index is 1.81. The van der Waals surface area contributed by atoms with E-state index < -0.39 is 0 Å². The lowest BCUT2D eigenvalue weighted by molar-refractivity contribution is 0.365. The molecule has 6 nitrogen and oxygen atoms in total. The molecule has 90 valence electrons. The van der Waals surface area contributed by atoms with Gasteiger partial charge in [-0.15, -0.1) is 0 Å². The van der Waals surface area contributed by atoms with Crippen LogP contribution in [0.5, 0.6) is 0 Å². The quantitative estimate of drug-likeness (QED) is 0.858. The summed E-state index contributed by atoms with van der Waals surface area (Å²) in [6, 6.07) is 0.404. The van der Waals surface area contributed by atoms with Crippen LogP contribution in [0.15, 0.2) is 17.0 Å². The molecule has 0 saturated carbocycles. The maximum Gasteiger partial charge on any atom is 0.246 e. The van der Waals surface area contributed by atoms with Gasteiger partial charge < -0.3 is 14.4 Å². The number of nitrogens with one attached hydrogen (secondary N) is 1. The molecule has 1 aliphatic heterocycles. The Bertz CT molecular complexity index is 497. The maximum atomic E-state index is 5.13. The summed E-state index contributed by atoms with van der Waals surface area (Å²) in [4.78, 5) is 8.41. The smallest absolute Gasteiger partial charge is 0.246 e. The van der Waals surface area contributed by atoms with Crippen LogP contribution >= 0.6 is 0 Å². The second kappa shape index (κ2) is 4.29. The molecule has 1 fully saturated rings. The minimum Gasteiger partial charge on any atom is -0.337 e. The van der Waals surface area contributed by atoms with Gasteiger partial charge in [0.2, 0.25) is 5.89 Å². The molecule has 0 aromatic carbocycles. The summed E-state index contributed by atoms with van der Waals surface area (Å²) in [5, 5.41) is 7.25. The monoisotopic (exact) mass is 233 g/mol. The molecule has 1 atom stereocenters. The predicted octanol–water partition coefficient (Wildman–Crippen LogP) is 1.05. The fourth-order valence-electron chi connectivity index (χ4n) is 2.24. The molecule has 6 heteroatoms. The largest absolute Gasteiger partial charge is 0.337 e. The topological polar surface area (TPSA) is 68.8 Å². The van der Waals surface area contributed by atoms with Gasteiger partial charge in [-0.2, -0.15) is 4.98 Å². The molecule has 1 N–H and O–H groups in total. The van der Waals surface area contributed by atoms with Crippen molar-refractivity contribution < 1.29 is 4.52 Å². The van der Waals surface area contributed by atoms with Crippen LogP contribution in [0.1, 0.15) is 36.3 Å². The fraction of sp³-hybridized carbons (Fsp3) is 0.545. The van der Waals surface area contributed by atoms with E-state index in [0.29, 0.717) is 24.3 Å². The van der Waals surface area contributed by atoms with Crippen molar-refractivity contribution in [3.05, 3.63) is 29.9 Å². The predicted molar refractivity (Wildman–Crippen MR) is 60.3 cm³/mol. The molecule has 2 aromatic heterocycles. The molecule has 0 bridgehead atoms. The first kappa shape index (κ1) is 10.5. The number of hydrogen-bond donors (Lipinski definition) is 1. The zero-order valence-corrected chi connectivity index (χ0v) is 9.76. The van der Waals surface area contributed by atoms with Crippen molar-refractivity contribution in [3.63, 3.8) is 0 Å². The van der Waals surface area contributed by atoms with E-state index >= 15 is 0 Å². The first-order valence-electron chi connectivity index (χ1n) is 5.85. The molecule has 17 heavy (non-hydrogen) atoms. The van der Waals surface area contributed by atoms with Gasteiger partial charge >= 0.3 is 0 Å². The number of aromatic nitrogens is 4. The van der Waals surface area contributed by atoms with Gasteiger partial charge in [0.1, 0.15) is 6.54 Å². The molecule has 2 aromatic rings. The summed E-state index contributed by atoms with van der Waals surface area (Å²) in [5.41, 5.74) is 1.19. The highest BCUT2D eigenvalue weighted by Crippen LogP contribution is 2.22. The number of nitrogens with zero attached hydrogens (tertiary/aromatic N) is 4. The summed E-state index contributed by atoms with van der Waals surface area (Å²) in [7, 11) is 0. The van der Waals surface area contributed by atoms with Gasteiger partial charge in [0.15, 0.2) is 5.82 Å². The zero-order valence-electron chi connectivity index (χ0n) is 9.76. The minimum absolute atomic E-state index is 0.404. The third-order valence-electron chi connectivity index (χ3n) is 3.04. The molecule has 1 aliphatic rings. The third kappa shape index (κ3) is 2.08. The molecule has 0 aliphatic carbocycles. The van der Waals surface area contributed by atoms with Crippen LogP contribution < -0.4 is 5.32 Å². The van der Waals surface area contributed by atoms with E-state index in [0.717, 1.165) is 13.0 Å². The van der Waals surface area contributed by atoms with Crippen LogP contribution in [-0.2, 0) is 6.54 Å². The van der Waals surface area contributed by atoms with Crippen molar-refractivity contribution in [2.24, 2.45) is 0 Å². The van der Waals surface area contributed by atoms with E-state index in [4.69, 9.17) is 4.52 Å². The normalized spacial score (nSPS) is 19.9. The van der Waals surface area contributed by atoms with Crippen molar-refractivity contribution in [1.82, 2.24) is 25.0 Å². The van der Waals surface area contributed by atoms with Crippen LogP contribution in [-0.4, -0.2) is 26.2 Å². The highest BCUT2D eigenvalue weighted by atomic mass is 16.5. The Morgan fingerprint density at radius 3 is 3.24 bits per heavy atom. The Morgan fingerprint density at radius 1 is 1.59 bits per heavy atom. The lowest BCUT2D eigenvalue weighted by Gasteiger charge is -2.12. The highest BCUT2D eigenvalue weighted by molar-refractivity contribution is 5.08. The maximum absolute atomic E-state index is 5.13. The number of imidazole rings is 1. The summed E-state index contributed by atoms with van der Waals surface area (Å²) in [6.45, 7) is 3.49. The van der Waals surface area contributed by atoms with Crippen molar-refractivity contribution >= 4 is 0 Å². The third-order valence-corrected chi connectivity index (χ3v) is 3.04. The first-order chi connectivity index (χ1) is 8.33. The SMILES string of the molecule is Cc1noc(Cn2cncc2[C@@H]2CCCN2)n1. The average Bonchev–Trinajstić information content (AvgIpc) is 3.00. The lowest BCUT2D eigenvalue weighted by Crippen LogP contribution is -2.17. The lowest BCUT2D eigenvalue weighted by atomic mass is 10.2. The molecule has 0 unspecified atom stereocenters. The van der Waals surface area contributed by atoms with Gasteiger partial charge in [0.25, 0.3) is 0 Å². The van der Waals surface area contributed by atoms with Gasteiger partial charge in [-0.1, -0.05) is 5.16 Å². The molecule has 3 heterocycles. The van der Waals surface area contributed by atoms with Gasteiger partial charge in [0.05, 0.1) is 12.0 Å². The Kier molecular flexibility index (Phi) is 2.64. The molecule has 0 spiro atoms. The number of hydrogen-bond acceptors (Lipinski definition) is 5. The van der Waals surface area contributed by atoms with E-state index in [1.807, 2.05) is 19.4 Å². The minimum atomic E-state index is 0.404. The van der Waals surface area contributed by atoms with Crippen LogP contribution in [0.2, 0.25) is 0 Å². The van der Waals surface area contributed by atoms with Crippen LogP contribution in [0, 0.1) is 6.92 Å². The summed E-state index contributed by atoms with van der Waals surface area (Å²) < 4.78 is 7.19. The molecule has 1 saturated heterocycles. The van der Waals surface area contributed by atoms with Gasteiger partial charge in [-0.05, 0) is 26.3 Å². The fourth-order valence-corrected chi connectivity index (χ4v) is 2.24. The van der Waals surface area contributed by atoms with Crippen molar-refractivity contribution in [3.8, 4) is 0 Å². The van der Waals surface area contributed by atoms with E-state index in [2.05, 4.69) is 25.0 Å². The van der Waals surface area contributed by atoms with Crippen molar-refractivity contribution in [2.45, 2.75) is 32.4 Å². The standard InChI is InChI=1S/C11H15N5O/c1-8-14-11(17-15-8)6-16-7-12-5-10(16)9-3-2-4-13-9/h5,7,9,13H,2-4,6H2,1H3/t9-/m0/s1. The first-order valence-corrected chi connectivity index (χ1v) is 5.85. The zero-order chi connectivity index (χ0) is 11.7. The summed E-state index contributed by atoms with van der Waals surface area (Å²) >= 11 is 0. The Labute approximate surface area is 99.0 Å². The van der Waals surface area contributed by atoms with E-state index in [-0.39, 0.29) is 0 Å². The second-order valence-corrected chi connectivity index (χ2v) is 4.33. The van der Waals surface area contributed by atoms with Gasteiger partial charge in [0, 0.05) is 12.2 Å². The van der Waals surface area contributed by atoms with E-state index in [1.54, 1.807) is 0 Å². The molecule has 0 radical (unpaired) electrons.